The number of rotatable bonds is 15. The summed E-state index contributed by atoms with van der Waals surface area (Å²) in [6.45, 7) is 23.5. The van der Waals surface area contributed by atoms with Crippen LogP contribution >= 0.6 is 59.7 Å². The van der Waals surface area contributed by atoms with Gasteiger partial charge in [0.05, 0.1) is 51.9 Å². The molecule has 7 aliphatic carbocycles. The summed E-state index contributed by atoms with van der Waals surface area (Å²) >= 11 is 9.31. The van der Waals surface area contributed by atoms with Crippen LogP contribution in [0.2, 0.25) is 0 Å². The highest BCUT2D eigenvalue weighted by atomic mass is 79.9. The van der Waals surface area contributed by atoms with E-state index in [0.29, 0.717) is 56.7 Å². The van der Waals surface area contributed by atoms with Crippen molar-refractivity contribution in [3.05, 3.63) is 286 Å². The molecule has 19 heteroatoms. The summed E-state index contributed by atoms with van der Waals surface area (Å²) in [6.07, 6.45) is 17.6. The molecule has 8 aromatic rings. The highest BCUT2D eigenvalue weighted by Crippen LogP contribution is 2.41. The minimum atomic E-state index is -0.691. The number of halogens is 4. The van der Waals surface area contributed by atoms with Crippen molar-refractivity contribution in [2.45, 2.75) is 234 Å². The lowest BCUT2D eigenvalue weighted by molar-refractivity contribution is -0.144. The number of carbonyl (C=O) groups excluding carboxylic acids is 4. The minimum absolute atomic E-state index is 0. The van der Waals surface area contributed by atoms with Crippen molar-refractivity contribution in [1.82, 2.24) is 0 Å². The van der Waals surface area contributed by atoms with E-state index >= 15 is 0 Å². The molecule has 2 unspecified atom stereocenters. The number of allylic oxidation sites excluding steroid dienone is 1. The number of esters is 3. The van der Waals surface area contributed by atoms with Crippen molar-refractivity contribution in [2.24, 2.45) is 5.73 Å². The largest absolute Gasteiger partial charge is 0.481 e. The number of hydrogen-bond acceptors (Lipinski definition) is 11. The van der Waals surface area contributed by atoms with Gasteiger partial charge < -0.3 is 35.3 Å². The van der Waals surface area contributed by atoms with E-state index in [1.54, 1.807) is 6.08 Å². The average molecular weight is 1780 g/mol. The maximum absolute atomic E-state index is 11.5. The fraction of sp³-hybridized carbons (Fsp3) is 0.406. The van der Waals surface area contributed by atoms with E-state index in [-0.39, 0.29) is 76.6 Å². The zero-order chi connectivity index (χ0) is 83.1. The van der Waals surface area contributed by atoms with Gasteiger partial charge in [-0.1, -0.05) is 197 Å². The number of fused-ring (bicyclic) bond motifs is 7. The number of aryl methyl sites for hydroxylation is 14. The van der Waals surface area contributed by atoms with Crippen LogP contribution in [0.4, 0.5) is 0 Å². The standard InChI is InChI=1S/2C14H18O2.C14H16O2.3C12H14O2.C10H10O.C8H11N.BBr3.ClH/c3*1-3-16-14(15)9-12-6-5-11-8-10(2)4-7-13(11)12;3*1-8-2-5-11-9(6-8)3-4-10(11)7-12(13)14;1-7-2-4-9-8(6-7)3-5-10(9)11;1-7(9)8-5-3-2-4-6-8;2-1(3)4;/h2*4,7-8,12H,3,5-6,9H2,1-2H3;4,7-9H,3,5-6H2,1-2H3;3*2,5-6,10H,3-4,7H2,1H3,(H,13,14);2,4,6H,3,5H2,1H3;2-7H,9H2,1H3;;1H/b;;12-9+;;;;;;;/t12-;;;2*10-;;;7-;;/m0..00..0../s1. The van der Waals surface area contributed by atoms with E-state index < -0.39 is 17.9 Å². The molecule has 0 bridgehead atoms. The molecule has 8 aromatic carbocycles. The summed E-state index contributed by atoms with van der Waals surface area (Å²) in [4.78, 5) is 77.4. The molecule has 0 spiro atoms. The molecule has 0 saturated carbocycles. The third kappa shape index (κ3) is 31.3. The maximum atomic E-state index is 11.5. The fourth-order valence-electron chi connectivity index (χ4n) is 16.2. The first-order chi connectivity index (χ1) is 54.4. The summed E-state index contributed by atoms with van der Waals surface area (Å²) in [6, 6.07) is 54.7. The number of carboxylic acid groups (broad SMARTS) is 3. The first-order valence-electron chi connectivity index (χ1n) is 40.2. The molecule has 14 nitrogen and oxygen atoms in total. The number of aliphatic carboxylic acids is 3. The molecule has 0 radical (unpaired) electrons. The first kappa shape index (κ1) is 95.6. The summed E-state index contributed by atoms with van der Waals surface area (Å²) < 4.78 is 15.2. The van der Waals surface area contributed by atoms with Gasteiger partial charge >= 0.3 is 39.0 Å². The number of ether oxygens (including phenoxy) is 3. The number of Topliss-reactive ketones (excluding diaryl/α,β-unsaturated/α-hetero) is 1. The average Bonchev–Trinajstić information content (AvgIpc) is 1.54. The van der Waals surface area contributed by atoms with Crippen LogP contribution in [0.5, 0.6) is 0 Å². The lowest BCUT2D eigenvalue weighted by Crippen LogP contribution is -2.08. The molecule has 0 fully saturated rings. The van der Waals surface area contributed by atoms with Crippen LogP contribution in [0.25, 0.3) is 5.57 Å². The van der Waals surface area contributed by atoms with Crippen LogP contribution in [-0.4, -0.2) is 79.9 Å². The summed E-state index contributed by atoms with van der Waals surface area (Å²) in [7, 11) is 0. The Kier molecular flexibility index (Phi) is 40.3. The molecular weight excluding hydrogens is 1660 g/mol. The number of hydrogen-bond donors (Lipinski definition) is 4. The molecule has 0 saturated heterocycles. The van der Waals surface area contributed by atoms with Crippen LogP contribution in [0.15, 0.2) is 164 Å². The Labute approximate surface area is 713 Å². The Morgan fingerprint density at radius 3 is 0.974 bits per heavy atom. The highest BCUT2D eigenvalue weighted by molar-refractivity contribution is 9.69. The second-order valence-corrected chi connectivity index (χ2v) is 37.0. The zero-order valence-corrected chi connectivity index (χ0v) is 74.3. The molecule has 5 N–H and O–H groups in total. The van der Waals surface area contributed by atoms with Gasteiger partial charge in [-0.3, -0.25) is 28.8 Å². The van der Waals surface area contributed by atoms with Crippen molar-refractivity contribution in [3.8, 4) is 0 Å². The molecule has 115 heavy (non-hydrogen) atoms. The van der Waals surface area contributed by atoms with Gasteiger partial charge in [0.1, 0.15) is 0 Å². The molecule has 7 aliphatic rings. The molecule has 0 amide bonds. The summed E-state index contributed by atoms with van der Waals surface area (Å²) in [5.41, 5.74) is 34.8. The number of carbonyl (C=O) groups is 7. The van der Waals surface area contributed by atoms with Crippen molar-refractivity contribution >= 4 is 110 Å². The molecule has 15 rings (SSSR count). The monoisotopic (exact) mass is 1770 g/mol. The molecule has 0 aliphatic heterocycles. The fourth-order valence-corrected chi connectivity index (χ4v) is 16.2. The second-order valence-electron chi connectivity index (χ2n) is 30.6. The van der Waals surface area contributed by atoms with Crippen LogP contribution in [0.1, 0.15) is 268 Å². The Balaban J connectivity index is 0.000000204. The van der Waals surface area contributed by atoms with Crippen molar-refractivity contribution < 1.29 is 63.1 Å². The predicted octanol–water partition coefficient (Wildman–Crippen LogP) is 22.8. The SMILES string of the molecule is BrB(Br)Br.CCOC(=O)/C=C1\CCc2cc(C)ccc21.CCOC(=O)CC1CCc2cc(C)ccc21.CCOC(=O)C[C@@H]1CCc2cc(C)ccc21.C[C@H](N)c1ccccc1.Cc1ccc2c(c1)CCC2=O.Cc1ccc2c(c1)CCC2CC(=O)O.Cc1ccc2c(c1)CC[C@H]2CC(=O)O.Cc1ccc2c(c1)CC[C@H]2CC(=O)O.Cl. The molecule has 614 valence electrons. The maximum Gasteiger partial charge on any atom is 0.369 e. The first-order valence-corrected chi connectivity index (χ1v) is 42.9. The van der Waals surface area contributed by atoms with Crippen molar-refractivity contribution in [1.29, 1.82) is 0 Å². The Morgan fingerprint density at radius 1 is 0.400 bits per heavy atom. The molecule has 0 aromatic heterocycles. The van der Waals surface area contributed by atoms with Gasteiger partial charge in [-0.25, -0.2) is 4.79 Å². The summed E-state index contributed by atoms with van der Waals surface area (Å²) in [5, 5.41) is 26.3. The number of ketones is 1. The van der Waals surface area contributed by atoms with Gasteiger partial charge in [-0.15, -0.1) is 59.7 Å². The van der Waals surface area contributed by atoms with E-state index in [1.165, 1.54) is 117 Å². The topological polar surface area (TPSA) is 234 Å². The van der Waals surface area contributed by atoms with Crippen LogP contribution in [-0.2, 0) is 87.9 Å². The summed E-state index contributed by atoms with van der Waals surface area (Å²) in [5.74, 6) is -0.679. The van der Waals surface area contributed by atoms with Crippen molar-refractivity contribution in [3.63, 3.8) is 0 Å². The van der Waals surface area contributed by atoms with Gasteiger partial charge in [0.15, 0.2) is 5.78 Å². The number of carboxylic acids is 3. The number of benzene rings is 8. The van der Waals surface area contributed by atoms with Gasteiger partial charge in [0.25, 0.3) is 0 Å². The van der Waals surface area contributed by atoms with Gasteiger partial charge in [0.2, 0.25) is 0 Å². The minimum Gasteiger partial charge on any atom is -0.481 e. The van der Waals surface area contributed by atoms with Gasteiger partial charge in [-0.2, -0.15) is 0 Å². The molecule has 0 heterocycles. The van der Waals surface area contributed by atoms with Crippen LogP contribution in [0.3, 0.4) is 0 Å². The van der Waals surface area contributed by atoms with Crippen molar-refractivity contribution in [2.75, 3.05) is 19.8 Å². The van der Waals surface area contributed by atoms with E-state index in [9.17, 15) is 33.6 Å². The Morgan fingerprint density at radius 2 is 0.678 bits per heavy atom. The second kappa shape index (κ2) is 48.4. The molecule has 6 atom stereocenters. The lowest BCUT2D eigenvalue weighted by Gasteiger charge is -2.10. The Hall–Kier alpha value is -8.26. The van der Waals surface area contributed by atoms with E-state index in [1.807, 2.05) is 70.2 Å². The van der Waals surface area contributed by atoms with E-state index in [0.717, 1.165) is 94.6 Å². The molecular formula is C96H116BBr3ClNO13. The van der Waals surface area contributed by atoms with Crippen LogP contribution in [0, 0.1) is 48.5 Å². The Bertz CT molecular complexity index is 4360. The quantitative estimate of drug-likeness (QED) is 0.0324. The predicted molar refractivity (Wildman–Crippen MR) is 477 cm³/mol. The zero-order valence-electron chi connectivity index (χ0n) is 68.7. The van der Waals surface area contributed by atoms with E-state index in [4.69, 9.17) is 35.3 Å². The lowest BCUT2D eigenvalue weighted by atomic mass is 9.97. The number of nitrogens with two attached hydrogens (primary N) is 1. The highest BCUT2D eigenvalue weighted by Gasteiger charge is 2.30. The smallest absolute Gasteiger partial charge is 0.369 e. The third-order valence-corrected chi connectivity index (χ3v) is 21.6. The van der Waals surface area contributed by atoms with Crippen LogP contribution < -0.4 is 5.73 Å². The van der Waals surface area contributed by atoms with Gasteiger partial charge in [-0.05, 0) is 273 Å². The van der Waals surface area contributed by atoms with Gasteiger partial charge in [0, 0.05) is 24.1 Å². The third-order valence-electron chi connectivity index (χ3n) is 21.6. The normalized spacial score (nSPS) is 17.1. The van der Waals surface area contributed by atoms with E-state index in [2.05, 4.69) is 211 Å².